The highest BCUT2D eigenvalue weighted by atomic mass is 32.2. The van der Waals surface area contributed by atoms with Gasteiger partial charge < -0.3 is 5.32 Å². The Labute approximate surface area is 123 Å². The molecule has 0 saturated carbocycles. The molecule has 0 aliphatic rings. The molecule has 0 spiro atoms. The molecule has 0 radical (unpaired) electrons. The van der Waals surface area contributed by atoms with Crippen LogP contribution in [-0.4, -0.2) is 19.9 Å². The topological polar surface area (TPSA) is 71.1 Å². The van der Waals surface area contributed by atoms with Crippen molar-refractivity contribution in [2.24, 2.45) is 0 Å². The van der Waals surface area contributed by atoms with Crippen molar-refractivity contribution in [1.82, 2.24) is 10.3 Å². The number of rotatable bonds is 6. The van der Waals surface area contributed by atoms with Crippen LogP contribution in [-0.2, 0) is 16.6 Å². The molecule has 2 rings (SSSR count). The van der Waals surface area contributed by atoms with Crippen molar-refractivity contribution < 1.29 is 8.42 Å². The van der Waals surface area contributed by atoms with E-state index < -0.39 is 10.0 Å². The second-order valence-electron chi connectivity index (χ2n) is 4.24. The Hall–Kier alpha value is -1.44. The number of hydrogen-bond donors (Lipinski definition) is 2. The van der Waals surface area contributed by atoms with Gasteiger partial charge in [-0.2, -0.15) is 0 Å². The zero-order valence-corrected chi connectivity index (χ0v) is 13.0. The predicted octanol–water partition coefficient (Wildman–Crippen LogP) is 2.36. The van der Waals surface area contributed by atoms with E-state index in [4.69, 9.17) is 0 Å². The summed E-state index contributed by atoms with van der Waals surface area (Å²) >= 11 is 1.16. The van der Waals surface area contributed by atoms with Crippen LogP contribution in [0.15, 0.2) is 34.7 Å². The quantitative estimate of drug-likeness (QED) is 0.859. The van der Waals surface area contributed by atoms with Gasteiger partial charge in [-0.25, -0.2) is 13.4 Å². The van der Waals surface area contributed by atoms with E-state index in [0.29, 0.717) is 12.2 Å². The lowest BCUT2D eigenvalue weighted by Crippen LogP contribution is -2.16. The molecule has 20 heavy (non-hydrogen) atoms. The third-order valence-corrected chi connectivity index (χ3v) is 5.43. The Bertz CT molecular complexity index is 680. The number of aryl methyl sites for hydroxylation is 1. The Balaban J connectivity index is 2.25. The maximum Gasteiger partial charge on any atom is 0.273 e. The second kappa shape index (κ2) is 6.34. The average molecular weight is 311 g/mol. The number of hydrogen-bond acceptors (Lipinski definition) is 5. The molecule has 0 bridgehead atoms. The van der Waals surface area contributed by atoms with Crippen LogP contribution in [0.4, 0.5) is 5.69 Å². The minimum absolute atomic E-state index is 0.230. The van der Waals surface area contributed by atoms with Gasteiger partial charge in [0, 0.05) is 6.54 Å². The summed E-state index contributed by atoms with van der Waals surface area (Å²) in [6.45, 7) is 5.24. The van der Waals surface area contributed by atoms with Crippen LogP contribution >= 0.6 is 11.3 Å². The Morgan fingerprint density at radius 3 is 2.70 bits per heavy atom. The maximum atomic E-state index is 12.3. The summed E-state index contributed by atoms with van der Waals surface area (Å²) in [6.07, 6.45) is 1.38. The molecule has 7 heteroatoms. The number of thiazole rings is 1. The first-order valence-corrected chi connectivity index (χ1v) is 8.57. The van der Waals surface area contributed by atoms with E-state index >= 15 is 0 Å². The Kier molecular flexibility index (Phi) is 4.74. The number of para-hydroxylation sites is 1. The number of nitrogens with one attached hydrogen (secondary N) is 2. The van der Waals surface area contributed by atoms with Crippen LogP contribution < -0.4 is 10.0 Å². The van der Waals surface area contributed by atoms with Crippen LogP contribution in [0.3, 0.4) is 0 Å². The lowest BCUT2D eigenvalue weighted by atomic mass is 10.2. The summed E-state index contributed by atoms with van der Waals surface area (Å²) in [5.74, 6) is 0. The van der Waals surface area contributed by atoms with Crippen LogP contribution in [0.25, 0.3) is 0 Å². The van der Waals surface area contributed by atoms with E-state index in [1.54, 1.807) is 13.0 Å². The number of sulfonamides is 1. The lowest BCUT2D eigenvalue weighted by molar-refractivity contribution is 0.603. The molecule has 0 atom stereocenters. The van der Waals surface area contributed by atoms with Gasteiger partial charge >= 0.3 is 0 Å². The molecule has 2 N–H and O–H groups in total. The number of anilines is 1. The van der Waals surface area contributed by atoms with E-state index in [1.165, 1.54) is 6.20 Å². The third kappa shape index (κ3) is 3.56. The SMILES string of the molecule is CCNCc1ccccc1NS(=O)(=O)c1cnc(C)s1. The minimum Gasteiger partial charge on any atom is -0.313 e. The molecule has 0 fully saturated rings. The van der Waals surface area contributed by atoms with Crippen LogP contribution in [0, 0.1) is 6.92 Å². The van der Waals surface area contributed by atoms with Crippen molar-refractivity contribution in [1.29, 1.82) is 0 Å². The van der Waals surface area contributed by atoms with Crippen LogP contribution in [0.5, 0.6) is 0 Å². The predicted molar refractivity (Wildman–Crippen MR) is 81.5 cm³/mol. The highest BCUT2D eigenvalue weighted by molar-refractivity contribution is 7.94. The van der Waals surface area contributed by atoms with Gasteiger partial charge in [0.1, 0.15) is 0 Å². The first-order chi connectivity index (χ1) is 9.53. The van der Waals surface area contributed by atoms with Crippen LogP contribution in [0.1, 0.15) is 17.5 Å². The van der Waals surface area contributed by atoms with Crippen molar-refractivity contribution in [2.75, 3.05) is 11.3 Å². The zero-order valence-electron chi connectivity index (χ0n) is 11.4. The molecule has 2 aromatic rings. The molecule has 0 saturated heterocycles. The average Bonchev–Trinajstić information content (AvgIpc) is 2.85. The highest BCUT2D eigenvalue weighted by Crippen LogP contribution is 2.23. The van der Waals surface area contributed by atoms with Crippen molar-refractivity contribution in [2.45, 2.75) is 24.6 Å². The Morgan fingerprint density at radius 2 is 2.05 bits per heavy atom. The number of aromatic nitrogens is 1. The first kappa shape index (κ1) is 15.0. The summed E-state index contributed by atoms with van der Waals surface area (Å²) in [5, 5.41) is 3.92. The number of nitrogens with zero attached hydrogens (tertiary/aromatic N) is 1. The molecule has 0 aliphatic heterocycles. The van der Waals surface area contributed by atoms with E-state index in [1.807, 2.05) is 25.1 Å². The molecule has 1 aromatic heterocycles. The zero-order chi connectivity index (χ0) is 14.6. The van der Waals surface area contributed by atoms with Gasteiger partial charge in [0.25, 0.3) is 10.0 Å². The van der Waals surface area contributed by atoms with Gasteiger partial charge in [-0.3, -0.25) is 4.72 Å². The molecule has 0 aliphatic carbocycles. The summed E-state index contributed by atoms with van der Waals surface area (Å²) in [4.78, 5) is 3.98. The van der Waals surface area contributed by atoms with Gasteiger partial charge in [-0.1, -0.05) is 25.1 Å². The molecular weight excluding hydrogens is 294 g/mol. The first-order valence-electron chi connectivity index (χ1n) is 6.27. The normalized spacial score (nSPS) is 11.5. The fraction of sp³-hybridized carbons (Fsp3) is 0.308. The van der Waals surface area contributed by atoms with Crippen molar-refractivity contribution in [3.8, 4) is 0 Å². The maximum absolute atomic E-state index is 12.3. The fourth-order valence-electron chi connectivity index (χ4n) is 1.69. The summed E-state index contributed by atoms with van der Waals surface area (Å²) in [6, 6.07) is 7.36. The Morgan fingerprint density at radius 1 is 1.30 bits per heavy atom. The highest BCUT2D eigenvalue weighted by Gasteiger charge is 2.18. The van der Waals surface area contributed by atoms with Crippen LogP contribution in [0.2, 0.25) is 0 Å². The van der Waals surface area contributed by atoms with Crippen molar-refractivity contribution in [3.63, 3.8) is 0 Å². The number of benzene rings is 1. The summed E-state index contributed by atoms with van der Waals surface area (Å²) in [7, 11) is -3.56. The van der Waals surface area contributed by atoms with E-state index in [2.05, 4.69) is 15.0 Å². The van der Waals surface area contributed by atoms with Gasteiger partial charge in [0.15, 0.2) is 4.21 Å². The molecule has 0 amide bonds. The second-order valence-corrected chi connectivity index (χ2v) is 7.39. The van der Waals surface area contributed by atoms with E-state index in [0.717, 1.165) is 28.5 Å². The molecule has 1 aromatic carbocycles. The monoisotopic (exact) mass is 311 g/mol. The summed E-state index contributed by atoms with van der Waals surface area (Å²) < 4.78 is 27.4. The summed E-state index contributed by atoms with van der Waals surface area (Å²) in [5.41, 5.74) is 1.51. The molecule has 0 unspecified atom stereocenters. The van der Waals surface area contributed by atoms with Crippen molar-refractivity contribution >= 4 is 27.0 Å². The van der Waals surface area contributed by atoms with Gasteiger partial charge in [0.2, 0.25) is 0 Å². The molecule has 1 heterocycles. The molecular formula is C13H17N3O2S2. The van der Waals surface area contributed by atoms with E-state index in [9.17, 15) is 8.42 Å². The molecule has 5 nitrogen and oxygen atoms in total. The van der Waals surface area contributed by atoms with Gasteiger partial charge in [-0.15, -0.1) is 11.3 Å². The third-order valence-electron chi connectivity index (χ3n) is 2.69. The van der Waals surface area contributed by atoms with Gasteiger partial charge in [0.05, 0.1) is 16.9 Å². The standard InChI is InChI=1S/C13H17N3O2S2/c1-3-14-8-11-6-4-5-7-12(11)16-20(17,18)13-9-15-10(2)19-13/h4-7,9,14,16H,3,8H2,1-2H3. The lowest BCUT2D eigenvalue weighted by Gasteiger charge is -2.11. The van der Waals surface area contributed by atoms with E-state index in [-0.39, 0.29) is 4.21 Å². The van der Waals surface area contributed by atoms with Crippen molar-refractivity contribution in [3.05, 3.63) is 41.0 Å². The minimum atomic E-state index is -3.56. The van der Waals surface area contributed by atoms with Gasteiger partial charge in [-0.05, 0) is 25.1 Å². The molecule has 108 valence electrons. The fourth-order valence-corrected chi connectivity index (χ4v) is 3.90. The largest absolute Gasteiger partial charge is 0.313 e. The smallest absolute Gasteiger partial charge is 0.273 e.